The molecular formula is C13H14N4O4S. The zero-order valence-corrected chi connectivity index (χ0v) is 12.8. The average molecular weight is 322 g/mol. The number of hydrogen-bond acceptors (Lipinski definition) is 5. The van der Waals surface area contributed by atoms with E-state index in [1.807, 2.05) is 0 Å². The zero-order valence-electron chi connectivity index (χ0n) is 12.0. The molecule has 0 aliphatic carbocycles. The van der Waals surface area contributed by atoms with Crippen molar-refractivity contribution in [1.29, 1.82) is 0 Å². The molecule has 2 heterocycles. The van der Waals surface area contributed by atoms with E-state index in [4.69, 9.17) is 0 Å². The van der Waals surface area contributed by atoms with Crippen molar-refractivity contribution in [3.05, 3.63) is 45.3 Å². The van der Waals surface area contributed by atoms with Crippen molar-refractivity contribution in [3.63, 3.8) is 0 Å². The first-order chi connectivity index (χ1) is 10.3. The number of H-pyrrole nitrogens is 1. The molecule has 1 N–H and O–H groups in total. The van der Waals surface area contributed by atoms with Gasteiger partial charge in [0.1, 0.15) is 4.90 Å². The van der Waals surface area contributed by atoms with Crippen LogP contribution in [0.3, 0.4) is 0 Å². The number of nitrogens with one attached hydrogen (secondary N) is 1. The molecule has 8 nitrogen and oxygen atoms in total. The number of fused-ring (bicyclic) bond motifs is 1. The number of rotatable bonds is 3. The molecule has 9 heteroatoms. The monoisotopic (exact) mass is 322 g/mol. The molecule has 116 valence electrons. The first kappa shape index (κ1) is 14.5. The summed E-state index contributed by atoms with van der Waals surface area (Å²) in [6.07, 6.45) is 0.530. The van der Waals surface area contributed by atoms with Gasteiger partial charge in [0.15, 0.2) is 0 Å². The van der Waals surface area contributed by atoms with Gasteiger partial charge in [0.05, 0.1) is 22.0 Å². The van der Waals surface area contributed by atoms with Crippen LogP contribution in [0.1, 0.15) is 17.0 Å². The van der Waals surface area contributed by atoms with Gasteiger partial charge in [0.25, 0.3) is 15.7 Å². The third kappa shape index (κ3) is 2.05. The first-order valence-electron chi connectivity index (χ1n) is 6.64. The van der Waals surface area contributed by atoms with Gasteiger partial charge in [0.2, 0.25) is 0 Å². The van der Waals surface area contributed by atoms with Gasteiger partial charge >= 0.3 is 0 Å². The van der Waals surface area contributed by atoms with Crippen LogP contribution in [-0.2, 0) is 16.4 Å². The van der Waals surface area contributed by atoms with E-state index in [9.17, 15) is 18.5 Å². The van der Waals surface area contributed by atoms with Crippen LogP contribution in [0.25, 0.3) is 0 Å². The Balaban J connectivity index is 2.13. The van der Waals surface area contributed by atoms with Gasteiger partial charge in [0, 0.05) is 18.7 Å². The van der Waals surface area contributed by atoms with Crippen LogP contribution < -0.4 is 4.31 Å². The fraction of sp³-hybridized carbons (Fsp3) is 0.308. The molecule has 0 saturated heterocycles. The highest BCUT2D eigenvalue weighted by atomic mass is 32.2. The predicted octanol–water partition coefficient (Wildman–Crippen LogP) is 1.69. The average Bonchev–Trinajstić information content (AvgIpc) is 3.02. The Labute approximate surface area is 127 Å². The summed E-state index contributed by atoms with van der Waals surface area (Å²) >= 11 is 0. The molecule has 0 spiro atoms. The summed E-state index contributed by atoms with van der Waals surface area (Å²) in [5.41, 5.74) is 1.87. The number of hydrogen-bond donors (Lipinski definition) is 1. The Bertz CT molecular complexity index is 853. The number of nitro groups is 1. The van der Waals surface area contributed by atoms with Crippen LogP contribution in [0, 0.1) is 24.0 Å². The molecular weight excluding hydrogens is 308 g/mol. The minimum atomic E-state index is -3.80. The fourth-order valence-corrected chi connectivity index (χ4v) is 4.56. The lowest BCUT2D eigenvalue weighted by atomic mass is 10.1. The maximum Gasteiger partial charge on any atom is 0.271 e. The maximum absolute atomic E-state index is 12.9. The van der Waals surface area contributed by atoms with Crippen LogP contribution in [0.5, 0.6) is 0 Å². The number of aromatic amines is 1. The van der Waals surface area contributed by atoms with Crippen LogP contribution in [0.2, 0.25) is 0 Å². The number of benzene rings is 1. The first-order valence-corrected chi connectivity index (χ1v) is 8.08. The van der Waals surface area contributed by atoms with Crippen molar-refractivity contribution in [1.82, 2.24) is 10.2 Å². The smallest absolute Gasteiger partial charge is 0.271 e. The summed E-state index contributed by atoms with van der Waals surface area (Å²) in [7, 11) is -3.80. The lowest BCUT2D eigenvalue weighted by molar-refractivity contribution is -0.384. The van der Waals surface area contributed by atoms with E-state index in [0.717, 1.165) is 5.56 Å². The SMILES string of the molecule is Cc1n[nH]c(C)c1S(=O)(=O)N1CCc2ccc([N+](=O)[O-])cc21. The second-order valence-electron chi connectivity index (χ2n) is 5.16. The molecule has 3 rings (SSSR count). The van der Waals surface area contributed by atoms with E-state index in [1.165, 1.54) is 16.4 Å². The lowest BCUT2D eigenvalue weighted by Gasteiger charge is -2.19. The molecule has 0 amide bonds. The molecule has 22 heavy (non-hydrogen) atoms. The number of aromatic nitrogens is 2. The number of aryl methyl sites for hydroxylation is 2. The van der Waals surface area contributed by atoms with E-state index in [2.05, 4.69) is 10.2 Å². The molecule has 0 unspecified atom stereocenters. The Morgan fingerprint density at radius 2 is 2.09 bits per heavy atom. The van der Waals surface area contributed by atoms with Crippen LogP contribution in [0.4, 0.5) is 11.4 Å². The van der Waals surface area contributed by atoms with Crippen molar-refractivity contribution >= 4 is 21.4 Å². The summed E-state index contributed by atoms with van der Waals surface area (Å²) in [6.45, 7) is 3.51. The third-order valence-corrected chi connectivity index (χ3v) is 5.82. The molecule has 0 atom stereocenters. The molecule has 1 aliphatic rings. The standard InChI is InChI=1S/C13H14N4O4S/c1-8-13(9(2)15-14-8)22(20,21)16-6-5-10-3-4-11(17(18)19)7-12(10)16/h3-4,7H,5-6H2,1-2H3,(H,14,15). The molecule has 1 aliphatic heterocycles. The molecule has 0 radical (unpaired) electrons. The number of sulfonamides is 1. The lowest BCUT2D eigenvalue weighted by Crippen LogP contribution is -2.29. The van der Waals surface area contributed by atoms with Gasteiger partial charge in [-0.15, -0.1) is 0 Å². The molecule has 0 fully saturated rings. The van der Waals surface area contributed by atoms with Gasteiger partial charge in [-0.2, -0.15) is 5.10 Å². The van der Waals surface area contributed by atoms with Crippen molar-refractivity contribution in [3.8, 4) is 0 Å². The summed E-state index contributed by atoms with van der Waals surface area (Å²) in [5.74, 6) is 0. The van der Waals surface area contributed by atoms with E-state index < -0.39 is 14.9 Å². The fourth-order valence-electron chi connectivity index (χ4n) is 2.73. The van der Waals surface area contributed by atoms with Crippen molar-refractivity contribution in [2.45, 2.75) is 25.2 Å². The Kier molecular flexibility index (Phi) is 3.17. The van der Waals surface area contributed by atoms with Gasteiger partial charge in [-0.25, -0.2) is 8.42 Å². The highest BCUT2D eigenvalue weighted by Gasteiger charge is 2.35. The van der Waals surface area contributed by atoms with E-state index in [0.29, 0.717) is 23.5 Å². The van der Waals surface area contributed by atoms with Crippen molar-refractivity contribution in [2.24, 2.45) is 0 Å². The van der Waals surface area contributed by atoms with E-state index in [1.54, 1.807) is 19.9 Å². The van der Waals surface area contributed by atoms with Gasteiger partial charge in [-0.05, 0) is 25.8 Å². The summed E-state index contributed by atoms with van der Waals surface area (Å²) < 4.78 is 27.0. The quantitative estimate of drug-likeness (QED) is 0.683. The highest BCUT2D eigenvalue weighted by molar-refractivity contribution is 7.93. The van der Waals surface area contributed by atoms with E-state index >= 15 is 0 Å². The minimum Gasteiger partial charge on any atom is -0.281 e. The summed E-state index contributed by atoms with van der Waals surface area (Å²) in [6, 6.07) is 4.31. The Morgan fingerprint density at radius 3 is 2.68 bits per heavy atom. The number of anilines is 1. The topological polar surface area (TPSA) is 109 Å². The van der Waals surface area contributed by atoms with Crippen LogP contribution >= 0.6 is 0 Å². The molecule has 1 aromatic heterocycles. The number of non-ortho nitro benzene ring substituents is 1. The molecule has 2 aromatic rings. The minimum absolute atomic E-state index is 0.124. The van der Waals surface area contributed by atoms with E-state index in [-0.39, 0.29) is 17.1 Å². The van der Waals surface area contributed by atoms with Gasteiger partial charge in [-0.1, -0.05) is 6.07 Å². The van der Waals surface area contributed by atoms with Gasteiger partial charge < -0.3 is 0 Å². The Morgan fingerprint density at radius 1 is 1.36 bits per heavy atom. The summed E-state index contributed by atoms with van der Waals surface area (Å²) in [5, 5.41) is 17.5. The summed E-state index contributed by atoms with van der Waals surface area (Å²) in [4.78, 5) is 10.5. The van der Waals surface area contributed by atoms with Crippen molar-refractivity contribution in [2.75, 3.05) is 10.8 Å². The zero-order chi connectivity index (χ0) is 16.1. The van der Waals surface area contributed by atoms with Gasteiger partial charge in [-0.3, -0.25) is 19.5 Å². The van der Waals surface area contributed by atoms with Crippen LogP contribution in [-0.4, -0.2) is 30.1 Å². The Hall–Kier alpha value is -2.42. The molecule has 1 aromatic carbocycles. The maximum atomic E-state index is 12.9. The highest BCUT2D eigenvalue weighted by Crippen LogP contribution is 2.36. The largest absolute Gasteiger partial charge is 0.281 e. The van der Waals surface area contributed by atoms with Crippen molar-refractivity contribution < 1.29 is 13.3 Å². The van der Waals surface area contributed by atoms with Crippen LogP contribution in [0.15, 0.2) is 23.1 Å². The predicted molar refractivity (Wildman–Crippen MR) is 79.4 cm³/mol. The molecule has 0 bridgehead atoms. The number of nitrogens with zero attached hydrogens (tertiary/aromatic N) is 3. The number of nitro benzene ring substituents is 1. The molecule has 0 saturated carbocycles. The second-order valence-corrected chi connectivity index (χ2v) is 6.96. The second kappa shape index (κ2) is 4.80. The third-order valence-electron chi connectivity index (χ3n) is 3.74. The normalized spacial score (nSPS) is 14.2.